The summed E-state index contributed by atoms with van der Waals surface area (Å²) < 4.78 is 66.4. The Balaban J connectivity index is 0.000000114. The van der Waals surface area contributed by atoms with E-state index >= 15 is 0 Å². The standard InChI is InChI=1S/C25H28F3N3O.C25H31N3O2.C23H25ClFN3O.C23H26ClN3O/c1-16-13-19-22-20-5-3-4-11-30(20)12-10-21(22)31(23(19)29-14-16)15-24(2,32)17-6-8-18(9-7-17)25(26,27)28;1-17-14-20-23-21-6-4-5-12-27(21)13-11-22(23)28(24(20)26-15-17)16-25(2,29)18-7-9-19(30-3)10-8-18;1-23(29,15-5-7-17(25)8-6-15)14-28-20-9-11-27-10-3-2-4-19(27)21(20)18-12-16(24)13-26-22(18)28;1-23(28,16-7-3-2-4-8-16)15-27-20-10-12-26-11-6-5-9-19(26)21(20)18-13-17(24)14-25-22(18)27/h6-9,13-14,20,32H,3-5,10-12,15H2,1-2H3;7-10,14-15,21,29H,4-6,11-13,16H2,1-3H3;5-8,12-13,19,29H,2-4,9-11,14H2,1H3;2-4,7-8,13-14,19,28H,5-6,9-12,15H2,1H3. The van der Waals surface area contributed by atoms with Gasteiger partial charge in [0.05, 0.1) is 48.9 Å². The zero-order valence-electron chi connectivity index (χ0n) is 69.4. The minimum atomic E-state index is -4.40. The SMILES string of the molecule is CC(O)(Cn1c2c(c3cc(Cl)cnc31)C1CCCCN1CC2)c1ccc(F)cc1.CC(O)(Cn1c2c(c3cc(Cl)cnc31)C1CCCCN1CC2)c1ccccc1.COc1ccc(C(C)(O)Cn2c3c(c4cc(C)cnc42)C2CCCCN2CC3)cc1.Cc1cnc2c(c1)c1c(n2CC(C)(O)c2ccc(C(F)(F)F)cc2)CCN2CCCCC12. The van der Waals surface area contributed by atoms with Crippen molar-refractivity contribution in [1.29, 1.82) is 0 Å². The van der Waals surface area contributed by atoms with Crippen LogP contribution < -0.4 is 4.74 Å². The summed E-state index contributed by atoms with van der Waals surface area (Å²) in [6, 6.07) is 38.8. The van der Waals surface area contributed by atoms with E-state index in [-0.39, 0.29) is 12.4 Å². The molecule has 8 aromatic heterocycles. The Morgan fingerprint density at radius 2 is 0.664 bits per heavy atom. The van der Waals surface area contributed by atoms with Crippen LogP contribution in [0.5, 0.6) is 5.75 Å². The molecule has 16 heterocycles. The van der Waals surface area contributed by atoms with Crippen molar-refractivity contribution < 1.29 is 42.7 Å². The van der Waals surface area contributed by atoms with Crippen LogP contribution in [-0.2, 0) is 80.4 Å². The summed E-state index contributed by atoms with van der Waals surface area (Å²) >= 11 is 12.7. The molecule has 8 aliphatic rings. The summed E-state index contributed by atoms with van der Waals surface area (Å²) in [5, 5.41) is 51.4. The number of aromatic nitrogens is 8. The first-order chi connectivity index (χ1) is 57.1. The molecule has 626 valence electrons. The molecule has 8 atom stereocenters. The van der Waals surface area contributed by atoms with Crippen molar-refractivity contribution in [1.82, 2.24) is 57.8 Å². The van der Waals surface area contributed by atoms with Gasteiger partial charge in [0.15, 0.2) is 0 Å². The fourth-order valence-electron chi connectivity index (χ4n) is 21.1. The molecule has 8 aliphatic heterocycles. The highest BCUT2D eigenvalue weighted by Crippen LogP contribution is 2.49. The molecule has 23 heteroatoms. The van der Waals surface area contributed by atoms with Crippen molar-refractivity contribution in [3.8, 4) is 5.75 Å². The van der Waals surface area contributed by atoms with Crippen molar-refractivity contribution in [2.75, 3.05) is 59.5 Å². The molecular weight excluding hydrogens is 1550 g/mol. The topological polar surface area (TPSA) is 174 Å². The Bertz CT molecular complexity index is 5680. The molecule has 12 aromatic rings. The van der Waals surface area contributed by atoms with E-state index in [0.717, 1.165) is 151 Å². The Kier molecular flexibility index (Phi) is 23.2. The van der Waals surface area contributed by atoms with E-state index in [1.54, 1.807) is 45.5 Å². The van der Waals surface area contributed by atoms with Crippen LogP contribution in [0.1, 0.15) is 213 Å². The molecule has 17 nitrogen and oxygen atoms in total. The average Bonchev–Trinajstić information content (AvgIpc) is 1.60. The predicted octanol–water partition coefficient (Wildman–Crippen LogP) is 19.2. The second-order valence-electron chi connectivity index (χ2n) is 35.6. The average molecular weight is 1660 g/mol. The molecule has 0 radical (unpaired) electrons. The van der Waals surface area contributed by atoms with E-state index in [1.807, 2.05) is 93.8 Å². The number of halogens is 6. The van der Waals surface area contributed by atoms with Gasteiger partial charge in [-0.2, -0.15) is 13.2 Å². The van der Waals surface area contributed by atoms with Crippen LogP contribution >= 0.6 is 23.2 Å². The van der Waals surface area contributed by atoms with Crippen molar-refractivity contribution in [2.45, 2.75) is 223 Å². The molecule has 8 unspecified atom stereocenters. The quantitative estimate of drug-likeness (QED) is 0.0804. The largest absolute Gasteiger partial charge is 0.497 e. The second-order valence-corrected chi connectivity index (χ2v) is 36.4. The summed E-state index contributed by atoms with van der Waals surface area (Å²) in [7, 11) is 1.66. The molecule has 0 aliphatic carbocycles. The number of benzene rings is 4. The third-order valence-corrected chi connectivity index (χ3v) is 27.4. The lowest BCUT2D eigenvalue weighted by Gasteiger charge is -2.40. The van der Waals surface area contributed by atoms with E-state index in [4.69, 9.17) is 42.9 Å². The van der Waals surface area contributed by atoms with Crippen LogP contribution in [-0.4, -0.2) is 138 Å². The predicted molar refractivity (Wildman–Crippen MR) is 461 cm³/mol. The van der Waals surface area contributed by atoms with Gasteiger partial charge in [-0.05, 0) is 235 Å². The molecule has 0 spiro atoms. The van der Waals surface area contributed by atoms with Gasteiger partial charge in [0.25, 0.3) is 0 Å². The highest BCUT2D eigenvalue weighted by Gasteiger charge is 2.43. The zero-order chi connectivity index (χ0) is 83.0. The van der Waals surface area contributed by atoms with Crippen LogP contribution in [0, 0.1) is 19.7 Å². The first-order valence-electron chi connectivity index (χ1n) is 42.9. The van der Waals surface area contributed by atoms with E-state index in [1.165, 1.54) is 158 Å². The van der Waals surface area contributed by atoms with Gasteiger partial charge in [-0.3, -0.25) is 19.6 Å². The molecule has 0 bridgehead atoms. The number of nitrogens with zero attached hydrogens (tertiary/aromatic N) is 12. The lowest BCUT2D eigenvalue weighted by molar-refractivity contribution is -0.137. The van der Waals surface area contributed by atoms with Gasteiger partial charge >= 0.3 is 6.18 Å². The van der Waals surface area contributed by atoms with Crippen molar-refractivity contribution in [2.24, 2.45) is 0 Å². The fourth-order valence-corrected chi connectivity index (χ4v) is 21.4. The molecule has 4 N–H and O–H groups in total. The number of fused-ring (bicyclic) bond motifs is 20. The van der Waals surface area contributed by atoms with Gasteiger partial charge < -0.3 is 43.4 Å². The van der Waals surface area contributed by atoms with Crippen LogP contribution in [0.2, 0.25) is 10.0 Å². The number of aryl methyl sites for hydroxylation is 2. The summed E-state index contributed by atoms with van der Waals surface area (Å²) in [4.78, 5) is 29.3. The van der Waals surface area contributed by atoms with Gasteiger partial charge in [0, 0.05) is 145 Å². The molecular formula is C96H110Cl2F4N12O5. The maximum Gasteiger partial charge on any atom is 0.416 e. The Labute approximate surface area is 704 Å². The van der Waals surface area contributed by atoms with Crippen molar-refractivity contribution in [3.63, 3.8) is 0 Å². The molecule has 4 aromatic carbocycles. The second kappa shape index (κ2) is 33.3. The normalized spacial score (nSPS) is 21.5. The van der Waals surface area contributed by atoms with Gasteiger partial charge in [0.2, 0.25) is 0 Å². The number of aliphatic hydroxyl groups is 4. The smallest absolute Gasteiger partial charge is 0.416 e. The van der Waals surface area contributed by atoms with E-state index in [0.29, 0.717) is 65.0 Å². The molecule has 0 saturated carbocycles. The van der Waals surface area contributed by atoms with Crippen LogP contribution in [0.4, 0.5) is 17.6 Å². The Morgan fingerprint density at radius 1 is 0.378 bits per heavy atom. The first kappa shape index (κ1) is 82.7. The lowest BCUT2D eigenvalue weighted by atomic mass is 9.89. The maximum atomic E-state index is 13.4. The fraction of sp³-hybridized carbons (Fsp3) is 0.458. The monoisotopic (exact) mass is 1660 g/mol. The molecule has 4 fully saturated rings. The highest BCUT2D eigenvalue weighted by atomic mass is 35.5. The maximum absolute atomic E-state index is 13.4. The minimum Gasteiger partial charge on any atom is -0.497 e. The van der Waals surface area contributed by atoms with E-state index in [2.05, 4.69) is 68.0 Å². The zero-order valence-corrected chi connectivity index (χ0v) is 70.9. The van der Waals surface area contributed by atoms with Gasteiger partial charge in [-0.15, -0.1) is 0 Å². The third-order valence-electron chi connectivity index (χ3n) is 27.0. The first-order valence-corrected chi connectivity index (χ1v) is 43.6. The summed E-state index contributed by atoms with van der Waals surface area (Å²) in [6.07, 6.45) is 21.3. The van der Waals surface area contributed by atoms with Crippen LogP contribution in [0.25, 0.3) is 44.1 Å². The van der Waals surface area contributed by atoms with Crippen LogP contribution in [0.15, 0.2) is 152 Å². The number of pyridine rings is 4. The Hall–Kier alpha value is -8.58. The van der Waals surface area contributed by atoms with Gasteiger partial charge in [-0.25, -0.2) is 24.3 Å². The lowest BCUT2D eigenvalue weighted by Crippen LogP contribution is -2.39. The number of alkyl halides is 3. The molecule has 119 heavy (non-hydrogen) atoms. The number of hydrogen-bond donors (Lipinski definition) is 4. The van der Waals surface area contributed by atoms with Crippen molar-refractivity contribution in [3.05, 3.63) is 252 Å². The van der Waals surface area contributed by atoms with Crippen LogP contribution in [0.3, 0.4) is 0 Å². The summed E-state index contributed by atoms with van der Waals surface area (Å²) in [6.45, 7) is 21.8. The molecule has 4 saturated heterocycles. The van der Waals surface area contributed by atoms with Crippen molar-refractivity contribution >= 4 is 67.3 Å². The molecule has 20 rings (SSSR count). The van der Waals surface area contributed by atoms with E-state index < -0.39 is 34.1 Å². The number of rotatable bonds is 13. The number of piperidine rings is 4. The summed E-state index contributed by atoms with van der Waals surface area (Å²) in [5.74, 6) is 0.495. The van der Waals surface area contributed by atoms with Gasteiger partial charge in [-0.1, -0.05) is 116 Å². The number of methoxy groups -OCH3 is 1. The summed E-state index contributed by atoms with van der Waals surface area (Å²) in [5.41, 5.74) is 14.4. The minimum absolute atomic E-state index is 0.243. The molecule has 0 amide bonds. The number of ether oxygens (including phenoxy) is 1. The van der Waals surface area contributed by atoms with Gasteiger partial charge in [0.1, 0.15) is 56.6 Å². The Morgan fingerprint density at radius 3 is 0.983 bits per heavy atom. The highest BCUT2D eigenvalue weighted by molar-refractivity contribution is 6.31. The number of hydrogen-bond acceptors (Lipinski definition) is 13. The third kappa shape index (κ3) is 16.4. The van der Waals surface area contributed by atoms with E-state index in [9.17, 15) is 38.0 Å².